The van der Waals surface area contributed by atoms with Gasteiger partial charge >= 0.3 is 187 Å². The van der Waals surface area contributed by atoms with Gasteiger partial charge in [-0.25, -0.2) is 0 Å². The SMILES string of the molecule is [CH2-]C.[CH3-].[CH3-].[CH3-].[CH3-].[CH3-].[CH3-].[CH3-].[CH3-].[CH3-].[CH3-].[CH3-].[CH3-].[U+2].[U+2].[U+2].[U+2].[U+2].[U+3]. The molecule has 0 rings (SSSR count). The largest absolute Gasteiger partial charge is 3.00 e. The van der Waals surface area contributed by atoms with Crippen LogP contribution in [-0.2, 0) is 0 Å². The quantitative estimate of drug-likeness (QED) is 0.253. The molecule has 20 heavy (non-hydrogen) atoms. The first kappa shape index (κ1) is 315. The smallest absolute Gasteiger partial charge is 0.358 e. The Bertz CT molecular complexity index is 17.6. The second-order valence-corrected chi connectivity index (χ2v) is 0. The molecule has 0 saturated carbocycles. The molecule has 0 aromatic carbocycles. The van der Waals surface area contributed by atoms with E-state index in [4.69, 9.17) is 0 Å². The van der Waals surface area contributed by atoms with Crippen LogP contribution in [0.15, 0.2) is 0 Å². The third-order valence-electron chi connectivity index (χ3n) is 0. The van der Waals surface area contributed by atoms with E-state index < -0.39 is 0 Å². The molecule has 0 N–H and O–H groups in total. The minimum atomic E-state index is 0. The Morgan fingerprint density at radius 1 is 0.300 bits per heavy atom. The van der Waals surface area contributed by atoms with Crippen LogP contribution < -0.4 is 0 Å². The van der Waals surface area contributed by atoms with Gasteiger partial charge in [0.15, 0.2) is 0 Å². The summed E-state index contributed by atoms with van der Waals surface area (Å²) in [5.41, 5.74) is 0. The molecule has 0 fully saturated rings. The summed E-state index contributed by atoms with van der Waals surface area (Å²) in [7, 11) is 0. The zero-order chi connectivity index (χ0) is 2.00. The topological polar surface area (TPSA) is 0 Å². The molecule has 0 unspecified atom stereocenters. The summed E-state index contributed by atoms with van der Waals surface area (Å²) >= 11 is 0. The van der Waals surface area contributed by atoms with E-state index in [1.54, 1.807) is 6.92 Å². The average molecular weight is 1640 g/mol. The van der Waals surface area contributed by atoms with Gasteiger partial charge in [-0.05, 0) is 0 Å². The van der Waals surface area contributed by atoms with Crippen molar-refractivity contribution < 1.29 is 187 Å². The molecule has 0 atom stereocenters. The van der Waals surface area contributed by atoms with Crippen LogP contribution in [0.5, 0.6) is 0 Å². The van der Waals surface area contributed by atoms with Crippen LogP contribution in [0.25, 0.3) is 0 Å². The summed E-state index contributed by atoms with van der Waals surface area (Å²) in [5, 5.41) is 0. The normalized spacial score (nSPS) is 0.300. The maximum Gasteiger partial charge on any atom is 3.00 e. The summed E-state index contributed by atoms with van der Waals surface area (Å²) in [4.78, 5) is 0. The van der Waals surface area contributed by atoms with Crippen molar-refractivity contribution in [2.45, 2.75) is 6.92 Å². The van der Waals surface area contributed by atoms with Gasteiger partial charge in [0.25, 0.3) is 0 Å². The van der Waals surface area contributed by atoms with Gasteiger partial charge in [0.2, 0.25) is 0 Å². The Balaban J connectivity index is -0.0000000000327. The van der Waals surface area contributed by atoms with Gasteiger partial charge in [-0.1, -0.05) is 0 Å². The molecule has 0 aromatic heterocycles. The van der Waals surface area contributed by atoms with Crippen LogP contribution >= 0.6 is 0 Å². The van der Waals surface area contributed by atoms with E-state index in [9.17, 15) is 0 Å². The van der Waals surface area contributed by atoms with Crippen molar-refractivity contribution in [1.29, 1.82) is 0 Å². The van der Waals surface area contributed by atoms with E-state index in [-0.39, 0.29) is 276 Å². The molecule has 0 spiro atoms. The first-order valence-electron chi connectivity index (χ1n) is 0.707. The fraction of sp³-hybridized carbons (Fsp3) is 0.0714. The Kier molecular flexibility index (Phi) is 5920. The first-order chi connectivity index (χ1) is 1.00. The monoisotopic (exact) mass is 1640 g/mol. The van der Waals surface area contributed by atoms with Crippen LogP contribution in [0.3, 0.4) is 0 Å². The first-order valence-corrected chi connectivity index (χ1v) is 0.707. The third-order valence-corrected chi connectivity index (χ3v) is 0. The van der Waals surface area contributed by atoms with E-state index >= 15 is 0 Å². The fourth-order valence-electron chi connectivity index (χ4n) is 0. The van der Waals surface area contributed by atoms with Gasteiger partial charge in [0.1, 0.15) is 0 Å². The van der Waals surface area contributed by atoms with Gasteiger partial charge in [-0.2, -0.15) is 6.92 Å². The fourth-order valence-corrected chi connectivity index (χ4v) is 0. The Morgan fingerprint density at radius 3 is 0.300 bits per heavy atom. The van der Waals surface area contributed by atoms with Crippen LogP contribution in [0.2, 0.25) is 0 Å². The molecule has 0 saturated heterocycles. The van der Waals surface area contributed by atoms with Crippen molar-refractivity contribution in [1.82, 2.24) is 0 Å². The number of hydrogen-bond acceptors (Lipinski definition) is 0. The maximum absolute atomic E-state index is 3.25. The van der Waals surface area contributed by atoms with Crippen molar-refractivity contribution in [3.63, 3.8) is 0 Å². The summed E-state index contributed by atoms with van der Waals surface area (Å²) in [5.74, 6) is 0. The third kappa shape index (κ3) is 332. The van der Waals surface area contributed by atoms with Gasteiger partial charge in [-0.3, -0.25) is 0 Å². The molecule has 0 aromatic rings. The van der Waals surface area contributed by atoms with E-state index in [1.807, 2.05) is 0 Å². The minimum absolute atomic E-state index is 0. The molecule has 0 bridgehead atoms. The van der Waals surface area contributed by atoms with Crippen LogP contribution in [0, 0.1) is 283 Å². The maximum atomic E-state index is 3.25. The van der Waals surface area contributed by atoms with E-state index in [0.717, 1.165) is 0 Å². The van der Waals surface area contributed by atoms with E-state index in [0.29, 0.717) is 0 Å². The summed E-state index contributed by atoms with van der Waals surface area (Å²) in [6.07, 6.45) is 0. The van der Waals surface area contributed by atoms with Crippen LogP contribution in [0.4, 0.5) is 0 Å². The van der Waals surface area contributed by atoms with Crippen molar-refractivity contribution in [3.8, 4) is 0 Å². The molecule has 121 valence electrons. The van der Waals surface area contributed by atoms with E-state index in [2.05, 4.69) is 6.92 Å². The van der Waals surface area contributed by atoms with Crippen molar-refractivity contribution in [2.24, 2.45) is 0 Å². The van der Waals surface area contributed by atoms with Crippen molar-refractivity contribution in [2.75, 3.05) is 0 Å². The average Bonchev–Trinajstić information content (AvgIpc) is 1.00. The Labute approximate surface area is 283 Å². The molecule has 1 radical (unpaired) electrons. The molecular formula is C14H41U6. The van der Waals surface area contributed by atoms with E-state index in [1.165, 1.54) is 0 Å². The zero-order valence-corrected chi connectivity index (χ0v) is 41.7. The second kappa shape index (κ2) is 376. The molecule has 0 heterocycles. The van der Waals surface area contributed by atoms with Crippen LogP contribution in [-0.4, -0.2) is 0 Å². The molecule has 0 aliphatic carbocycles. The summed E-state index contributed by atoms with van der Waals surface area (Å²) in [6, 6.07) is 0. The number of hydrogen-bond donors (Lipinski definition) is 0. The van der Waals surface area contributed by atoms with Crippen molar-refractivity contribution >= 4 is 0 Å². The molecule has 6 heteroatoms. The van der Waals surface area contributed by atoms with Gasteiger partial charge in [0.05, 0.1) is 0 Å². The second-order valence-electron chi connectivity index (χ2n) is 0. The molecule has 0 aliphatic rings. The Morgan fingerprint density at radius 2 is 0.300 bits per heavy atom. The molecule has 0 aliphatic heterocycles. The zero-order valence-electron chi connectivity index (χ0n) is 16.7. The van der Waals surface area contributed by atoms with Gasteiger partial charge in [-0.15, -0.1) is 0 Å². The predicted octanol–water partition coefficient (Wildman–Crippen LogP) is 6.24. The van der Waals surface area contributed by atoms with Gasteiger partial charge in [0, 0.05) is 0 Å². The predicted molar refractivity (Wildman–Crippen MR) is 88.0 cm³/mol. The van der Waals surface area contributed by atoms with Crippen molar-refractivity contribution in [3.05, 3.63) is 96.0 Å². The standard InChI is InChI=1S/C2H5.12CH3.6U/c1-2;;;;;;;;;;;;;;;;;;/h1H2,2H3;12*1H3;;;;;;/q13*-1;5*+2;+3. The minimum Gasteiger partial charge on any atom is -0.358 e. The molecule has 0 nitrogen and oxygen atoms in total. The Hall–Kier alpha value is 6.31. The summed E-state index contributed by atoms with van der Waals surface area (Å²) in [6.45, 7) is 5.00. The molecule has 0 amide bonds. The van der Waals surface area contributed by atoms with Crippen LogP contribution in [0.1, 0.15) is 6.92 Å². The number of rotatable bonds is 0. The molecular weight excluding hydrogens is 1600 g/mol. The summed E-state index contributed by atoms with van der Waals surface area (Å²) < 4.78 is 0. The van der Waals surface area contributed by atoms with Gasteiger partial charge < -0.3 is 96.0 Å².